The Kier molecular flexibility index (Phi) is 3.39. The summed E-state index contributed by atoms with van der Waals surface area (Å²) in [7, 11) is 0. The number of hydrazine groups is 1. The van der Waals surface area contributed by atoms with E-state index in [9.17, 15) is 9.18 Å². The number of carbonyl (C=O) groups excluding carboxylic acids is 1. The fraction of sp³-hybridized carbons (Fsp3) is 0.300. The predicted molar refractivity (Wildman–Crippen MR) is 53.4 cm³/mol. The molecule has 82 valence electrons. The molecule has 4 nitrogen and oxygen atoms in total. The van der Waals surface area contributed by atoms with E-state index in [1.165, 1.54) is 24.3 Å². The van der Waals surface area contributed by atoms with E-state index in [1.54, 1.807) is 13.8 Å². The van der Waals surface area contributed by atoms with E-state index < -0.39 is 11.5 Å². The molecule has 0 saturated heterocycles. The van der Waals surface area contributed by atoms with Gasteiger partial charge in [-0.05, 0) is 38.1 Å². The first-order chi connectivity index (χ1) is 6.95. The van der Waals surface area contributed by atoms with E-state index in [0.29, 0.717) is 0 Å². The van der Waals surface area contributed by atoms with Crippen molar-refractivity contribution >= 4 is 5.97 Å². The van der Waals surface area contributed by atoms with Gasteiger partial charge in [0.05, 0.1) is 0 Å². The lowest BCUT2D eigenvalue weighted by atomic mass is 10.1. The number of hydrogen-bond acceptors (Lipinski definition) is 4. The second-order valence-corrected chi connectivity index (χ2v) is 3.61. The Bertz CT molecular complexity index is 349. The molecule has 3 N–H and O–H groups in total. The van der Waals surface area contributed by atoms with E-state index in [2.05, 4.69) is 5.43 Å². The summed E-state index contributed by atoms with van der Waals surface area (Å²) in [5, 5.41) is 0. The molecule has 1 rings (SSSR count). The first kappa shape index (κ1) is 11.6. The highest BCUT2D eigenvalue weighted by atomic mass is 19.1. The van der Waals surface area contributed by atoms with Crippen molar-refractivity contribution in [3.05, 3.63) is 30.1 Å². The van der Waals surface area contributed by atoms with E-state index in [1.807, 2.05) is 0 Å². The zero-order valence-corrected chi connectivity index (χ0v) is 8.58. The zero-order chi connectivity index (χ0) is 11.5. The summed E-state index contributed by atoms with van der Waals surface area (Å²) in [6, 6.07) is 5.18. The second kappa shape index (κ2) is 4.37. The maximum absolute atomic E-state index is 12.6. The van der Waals surface area contributed by atoms with Crippen molar-refractivity contribution in [1.82, 2.24) is 5.43 Å². The SMILES string of the molecule is CC(C)(NN)C(=O)Oc1ccc(F)cc1. The predicted octanol–water partition coefficient (Wildman–Crippen LogP) is 0.973. The van der Waals surface area contributed by atoms with Gasteiger partial charge in [-0.25, -0.2) is 14.6 Å². The smallest absolute Gasteiger partial charge is 0.332 e. The number of carbonyl (C=O) groups is 1. The minimum absolute atomic E-state index is 0.282. The Morgan fingerprint density at radius 2 is 1.93 bits per heavy atom. The average molecular weight is 212 g/mol. The average Bonchev–Trinajstić information content (AvgIpc) is 2.21. The molecule has 0 aliphatic carbocycles. The molecule has 5 heteroatoms. The van der Waals surface area contributed by atoms with E-state index in [-0.39, 0.29) is 11.6 Å². The molecule has 0 amide bonds. The molecule has 0 radical (unpaired) electrons. The van der Waals surface area contributed by atoms with Crippen molar-refractivity contribution in [2.45, 2.75) is 19.4 Å². The molecule has 0 spiro atoms. The third-order valence-corrected chi connectivity index (χ3v) is 1.90. The van der Waals surface area contributed by atoms with Crippen molar-refractivity contribution in [2.24, 2.45) is 5.84 Å². The van der Waals surface area contributed by atoms with Gasteiger partial charge in [-0.1, -0.05) is 0 Å². The van der Waals surface area contributed by atoms with Gasteiger partial charge in [0.1, 0.15) is 17.1 Å². The lowest BCUT2D eigenvalue weighted by Crippen LogP contribution is -2.52. The van der Waals surface area contributed by atoms with Gasteiger partial charge in [0.25, 0.3) is 0 Å². The van der Waals surface area contributed by atoms with Gasteiger partial charge in [-0.2, -0.15) is 0 Å². The van der Waals surface area contributed by atoms with Crippen LogP contribution in [0.1, 0.15) is 13.8 Å². The summed E-state index contributed by atoms with van der Waals surface area (Å²) in [5.41, 5.74) is 1.35. The number of ether oxygens (including phenoxy) is 1. The monoisotopic (exact) mass is 212 g/mol. The van der Waals surface area contributed by atoms with Gasteiger partial charge in [-0.3, -0.25) is 5.84 Å². The third kappa shape index (κ3) is 3.00. The van der Waals surface area contributed by atoms with Gasteiger partial charge < -0.3 is 4.74 Å². The van der Waals surface area contributed by atoms with Crippen LogP contribution < -0.4 is 16.0 Å². The second-order valence-electron chi connectivity index (χ2n) is 3.61. The van der Waals surface area contributed by atoms with E-state index in [4.69, 9.17) is 10.6 Å². The lowest BCUT2D eigenvalue weighted by Gasteiger charge is -2.20. The largest absolute Gasteiger partial charge is 0.425 e. The summed E-state index contributed by atoms with van der Waals surface area (Å²) >= 11 is 0. The minimum Gasteiger partial charge on any atom is -0.425 e. The molecule has 0 bridgehead atoms. The molecule has 1 aromatic carbocycles. The Hall–Kier alpha value is -1.46. The molecule has 0 atom stereocenters. The van der Waals surface area contributed by atoms with Crippen molar-refractivity contribution in [3.8, 4) is 5.75 Å². The van der Waals surface area contributed by atoms with Gasteiger partial charge in [-0.15, -0.1) is 0 Å². The molecule has 0 aliphatic heterocycles. The van der Waals surface area contributed by atoms with Gasteiger partial charge in [0.15, 0.2) is 0 Å². The molecule has 0 fully saturated rings. The van der Waals surface area contributed by atoms with Crippen LogP contribution in [0.2, 0.25) is 0 Å². The Balaban J connectivity index is 2.71. The van der Waals surface area contributed by atoms with Gasteiger partial charge in [0.2, 0.25) is 0 Å². The number of benzene rings is 1. The molecule has 0 aromatic heterocycles. The van der Waals surface area contributed by atoms with Crippen molar-refractivity contribution in [1.29, 1.82) is 0 Å². The molecule has 0 saturated carbocycles. The van der Waals surface area contributed by atoms with E-state index >= 15 is 0 Å². The Morgan fingerprint density at radius 3 is 2.40 bits per heavy atom. The molecule has 15 heavy (non-hydrogen) atoms. The maximum Gasteiger partial charge on any atom is 0.332 e. The quantitative estimate of drug-likeness (QED) is 0.339. The number of nitrogens with one attached hydrogen (secondary N) is 1. The molecule has 0 heterocycles. The van der Waals surface area contributed by atoms with Crippen LogP contribution in [-0.2, 0) is 4.79 Å². The van der Waals surface area contributed by atoms with Gasteiger partial charge >= 0.3 is 5.97 Å². The Morgan fingerprint density at radius 1 is 1.40 bits per heavy atom. The number of esters is 1. The minimum atomic E-state index is -0.978. The molecular weight excluding hydrogens is 199 g/mol. The summed E-state index contributed by atoms with van der Waals surface area (Å²) in [6.07, 6.45) is 0. The summed E-state index contributed by atoms with van der Waals surface area (Å²) in [6.45, 7) is 3.16. The van der Waals surface area contributed by atoms with Crippen LogP contribution in [0.15, 0.2) is 24.3 Å². The molecule has 1 aromatic rings. The van der Waals surface area contributed by atoms with Crippen molar-refractivity contribution in [2.75, 3.05) is 0 Å². The maximum atomic E-state index is 12.6. The first-order valence-corrected chi connectivity index (χ1v) is 4.41. The fourth-order valence-corrected chi connectivity index (χ4v) is 0.796. The number of rotatable bonds is 3. The Labute approximate surface area is 87.2 Å². The van der Waals surface area contributed by atoms with Crippen LogP contribution in [0.25, 0.3) is 0 Å². The molecule has 0 aliphatic rings. The molecule has 0 unspecified atom stereocenters. The van der Waals surface area contributed by atoms with Crippen LogP contribution in [0, 0.1) is 5.82 Å². The lowest BCUT2D eigenvalue weighted by molar-refractivity contribution is -0.140. The van der Waals surface area contributed by atoms with Crippen molar-refractivity contribution < 1.29 is 13.9 Å². The highest BCUT2D eigenvalue weighted by Crippen LogP contribution is 2.14. The fourth-order valence-electron chi connectivity index (χ4n) is 0.796. The summed E-state index contributed by atoms with van der Waals surface area (Å²) in [4.78, 5) is 11.5. The molecular formula is C10H13FN2O2. The van der Waals surface area contributed by atoms with Crippen LogP contribution in [-0.4, -0.2) is 11.5 Å². The standard InChI is InChI=1S/C10H13FN2O2/c1-10(2,13-12)9(14)15-8-5-3-7(11)4-6-8/h3-6,13H,12H2,1-2H3. The third-order valence-electron chi connectivity index (χ3n) is 1.90. The topological polar surface area (TPSA) is 64.3 Å². The van der Waals surface area contributed by atoms with Crippen LogP contribution in [0.4, 0.5) is 4.39 Å². The van der Waals surface area contributed by atoms with Crippen molar-refractivity contribution in [3.63, 3.8) is 0 Å². The first-order valence-electron chi connectivity index (χ1n) is 4.41. The summed E-state index contributed by atoms with van der Waals surface area (Å²) < 4.78 is 17.5. The highest BCUT2D eigenvalue weighted by molar-refractivity contribution is 5.81. The zero-order valence-electron chi connectivity index (χ0n) is 8.58. The van der Waals surface area contributed by atoms with Crippen LogP contribution in [0.5, 0.6) is 5.75 Å². The van der Waals surface area contributed by atoms with E-state index in [0.717, 1.165) is 0 Å². The van der Waals surface area contributed by atoms with Crippen LogP contribution >= 0.6 is 0 Å². The highest BCUT2D eigenvalue weighted by Gasteiger charge is 2.28. The summed E-state index contributed by atoms with van der Waals surface area (Å²) in [5.74, 6) is 4.54. The number of hydrogen-bond donors (Lipinski definition) is 2. The number of halogens is 1. The normalized spacial score (nSPS) is 11.2. The van der Waals surface area contributed by atoms with Gasteiger partial charge in [0, 0.05) is 0 Å². The number of nitrogens with two attached hydrogens (primary N) is 1. The van der Waals surface area contributed by atoms with Crippen LogP contribution in [0.3, 0.4) is 0 Å².